The van der Waals surface area contributed by atoms with E-state index in [1.165, 1.54) is 11.6 Å². The van der Waals surface area contributed by atoms with E-state index in [-0.39, 0.29) is 7.21 Å². The molecule has 0 amide bonds. The van der Waals surface area contributed by atoms with Crippen molar-refractivity contribution in [2.24, 2.45) is 4.99 Å². The van der Waals surface area contributed by atoms with Crippen molar-refractivity contribution in [3.05, 3.63) is 42.0 Å². The standard InChI is InChI=1S/C13H9NO/c15-10-7-12-11-4-2-1-3-9(11)5-6-13(12)14-8-10/h1-6,8H,7H2/p+1. The molecular formula is C13H10NO+. The molecule has 72 valence electrons. The van der Waals surface area contributed by atoms with Crippen LogP contribution in [0.4, 0.5) is 5.69 Å². The maximum atomic E-state index is 11.3. The molecule has 0 bridgehead atoms. The summed E-state index contributed by atoms with van der Waals surface area (Å²) in [5, 5.41) is 2.31. The third-order valence-corrected chi connectivity index (χ3v) is 2.71. The van der Waals surface area contributed by atoms with Crippen LogP contribution in [-0.4, -0.2) is 12.0 Å². The summed E-state index contributed by atoms with van der Waals surface area (Å²) < 4.78 is 0. The van der Waals surface area contributed by atoms with Crippen LogP contribution in [0.3, 0.4) is 0 Å². The lowest BCUT2D eigenvalue weighted by molar-refractivity contribution is -0.112. The van der Waals surface area contributed by atoms with Gasteiger partial charge in [-0.15, -0.1) is 0 Å². The maximum Gasteiger partial charge on any atom is 1.00 e. The summed E-state index contributed by atoms with van der Waals surface area (Å²) in [4.78, 5) is 15.5. The fraction of sp³-hybridized carbons (Fsp3) is 0.0769. The maximum absolute atomic E-state index is 11.3. The number of nitrogens with zero attached hydrogens (tertiary/aromatic N) is 1. The van der Waals surface area contributed by atoms with Gasteiger partial charge in [-0.25, -0.2) is 0 Å². The van der Waals surface area contributed by atoms with Gasteiger partial charge in [0.05, 0.1) is 11.9 Å². The summed E-state index contributed by atoms with van der Waals surface area (Å²) >= 11 is 0. The van der Waals surface area contributed by atoms with Gasteiger partial charge in [-0.2, -0.15) is 0 Å². The van der Waals surface area contributed by atoms with Gasteiger partial charge in [0.2, 0.25) is 0 Å². The zero-order valence-electron chi connectivity index (χ0n) is 9.10. The van der Waals surface area contributed by atoms with E-state index < -0.39 is 0 Å². The van der Waals surface area contributed by atoms with E-state index in [1.807, 2.05) is 30.3 Å². The molecule has 0 spiro atoms. The van der Waals surface area contributed by atoms with E-state index in [9.17, 15) is 4.79 Å². The van der Waals surface area contributed by atoms with Gasteiger partial charge in [-0.05, 0) is 22.4 Å². The summed E-state index contributed by atoms with van der Waals surface area (Å²) in [6.45, 7) is 0. The minimum absolute atomic E-state index is 0. The predicted octanol–water partition coefficient (Wildman–Crippen LogP) is 2.78. The van der Waals surface area contributed by atoms with E-state index in [4.69, 9.17) is 0 Å². The minimum Gasteiger partial charge on any atom is -0.293 e. The van der Waals surface area contributed by atoms with Gasteiger partial charge in [0, 0.05) is 6.42 Å². The Bertz CT molecular complexity index is 590. The van der Waals surface area contributed by atoms with Crippen LogP contribution in [0.5, 0.6) is 0 Å². The molecule has 0 aliphatic carbocycles. The molecule has 2 heteroatoms. The summed E-state index contributed by atoms with van der Waals surface area (Å²) in [5.74, 6) is 0.0823. The highest BCUT2D eigenvalue weighted by Gasteiger charge is 2.13. The van der Waals surface area contributed by atoms with Gasteiger partial charge in [-0.1, -0.05) is 30.3 Å². The molecule has 2 nitrogen and oxygen atoms in total. The third kappa shape index (κ3) is 1.26. The zero-order chi connectivity index (χ0) is 10.3. The van der Waals surface area contributed by atoms with Crippen molar-refractivity contribution in [2.45, 2.75) is 6.42 Å². The molecule has 1 heterocycles. The molecule has 2 aromatic rings. The highest BCUT2D eigenvalue weighted by atomic mass is 16.1. The average molecular weight is 196 g/mol. The Morgan fingerprint density at radius 3 is 2.93 bits per heavy atom. The topological polar surface area (TPSA) is 29.4 Å². The third-order valence-electron chi connectivity index (χ3n) is 2.71. The van der Waals surface area contributed by atoms with E-state index in [0.717, 1.165) is 16.6 Å². The van der Waals surface area contributed by atoms with Crippen LogP contribution < -0.4 is 0 Å². The number of carbonyl (C=O) groups is 1. The number of benzene rings is 2. The molecule has 0 unspecified atom stereocenters. The fourth-order valence-corrected chi connectivity index (χ4v) is 1.99. The first-order chi connectivity index (χ1) is 7.34. The number of carbonyl (C=O) groups excluding carboxylic acids is 1. The molecular weight excluding hydrogens is 186 g/mol. The molecule has 0 fully saturated rings. The average Bonchev–Trinajstić information content (AvgIpc) is 2.29. The van der Waals surface area contributed by atoms with Crippen molar-refractivity contribution in [3.63, 3.8) is 0 Å². The summed E-state index contributed by atoms with van der Waals surface area (Å²) in [7, 11) is 0. The second-order valence-electron chi connectivity index (χ2n) is 3.69. The van der Waals surface area contributed by atoms with Gasteiger partial charge in [0.15, 0.2) is 5.78 Å². The van der Waals surface area contributed by atoms with Gasteiger partial charge in [0.25, 0.3) is 0 Å². The molecule has 0 radical (unpaired) electrons. The number of Topliss-reactive ketones (excluding diaryl/α,β-unsaturated/α-hetero) is 1. The van der Waals surface area contributed by atoms with Crippen molar-refractivity contribution in [1.29, 1.82) is 0 Å². The highest BCUT2D eigenvalue weighted by molar-refractivity contribution is 6.30. The van der Waals surface area contributed by atoms with Gasteiger partial charge in [0.1, 0.15) is 0 Å². The minimum atomic E-state index is 0. The van der Waals surface area contributed by atoms with Crippen molar-refractivity contribution >= 4 is 28.5 Å². The number of ketones is 1. The fourth-order valence-electron chi connectivity index (χ4n) is 1.99. The Hall–Kier alpha value is -1.96. The first-order valence-corrected chi connectivity index (χ1v) is 4.92. The van der Waals surface area contributed by atoms with Crippen molar-refractivity contribution in [3.8, 4) is 0 Å². The van der Waals surface area contributed by atoms with E-state index in [1.54, 1.807) is 0 Å². The second-order valence-corrected chi connectivity index (χ2v) is 3.69. The Labute approximate surface area is 88.7 Å². The lowest BCUT2D eigenvalue weighted by Gasteiger charge is -2.11. The van der Waals surface area contributed by atoms with Crippen molar-refractivity contribution in [2.75, 3.05) is 0 Å². The smallest absolute Gasteiger partial charge is 0.293 e. The lowest BCUT2D eigenvalue weighted by Crippen LogP contribution is -2.08. The molecule has 0 aromatic heterocycles. The number of aliphatic imine (C=N–C) groups is 1. The molecule has 0 saturated carbocycles. The van der Waals surface area contributed by atoms with Crippen molar-refractivity contribution < 1.29 is 6.22 Å². The Morgan fingerprint density at radius 1 is 1.13 bits per heavy atom. The van der Waals surface area contributed by atoms with Crippen molar-refractivity contribution in [1.82, 2.24) is 0 Å². The van der Waals surface area contributed by atoms with Gasteiger partial charge < -0.3 is 0 Å². The van der Waals surface area contributed by atoms with Crippen LogP contribution in [0.2, 0.25) is 0 Å². The quantitative estimate of drug-likeness (QED) is 0.637. The number of rotatable bonds is 0. The number of hydrogen-bond donors (Lipinski definition) is 0. The van der Waals surface area contributed by atoms with Gasteiger partial charge >= 0.3 is 1.43 Å². The Kier molecular flexibility index (Phi) is 1.68. The van der Waals surface area contributed by atoms with Crippen LogP contribution in [0.1, 0.15) is 6.99 Å². The molecule has 1 aliphatic heterocycles. The first kappa shape index (κ1) is 8.36. The summed E-state index contributed by atoms with van der Waals surface area (Å²) in [5.41, 5.74) is 1.98. The van der Waals surface area contributed by atoms with E-state index >= 15 is 0 Å². The van der Waals surface area contributed by atoms with Crippen LogP contribution in [-0.2, 0) is 11.2 Å². The molecule has 2 aromatic carbocycles. The normalized spacial score (nSPS) is 14.3. The molecule has 0 atom stereocenters. The van der Waals surface area contributed by atoms with Crippen LogP contribution in [0.25, 0.3) is 10.8 Å². The molecule has 0 N–H and O–H groups in total. The molecule has 0 saturated heterocycles. The summed E-state index contributed by atoms with van der Waals surface area (Å²) in [6.07, 6.45) is 1.89. The largest absolute Gasteiger partial charge is 1.00 e. The molecule has 15 heavy (non-hydrogen) atoms. The van der Waals surface area contributed by atoms with E-state index in [0.29, 0.717) is 6.42 Å². The molecule has 1 aliphatic rings. The van der Waals surface area contributed by atoms with Crippen LogP contribution >= 0.6 is 0 Å². The number of hydrogen-bond acceptors (Lipinski definition) is 2. The second kappa shape index (κ2) is 3.02. The van der Waals surface area contributed by atoms with Crippen LogP contribution in [0, 0.1) is 0 Å². The number of fused-ring (bicyclic) bond motifs is 3. The lowest BCUT2D eigenvalue weighted by atomic mass is 9.97. The first-order valence-electron chi connectivity index (χ1n) is 4.92. The summed E-state index contributed by atoms with van der Waals surface area (Å²) in [6, 6.07) is 12.1. The Morgan fingerprint density at radius 2 is 2.00 bits per heavy atom. The SMILES string of the molecule is O=C1C=Nc2ccc3ccccc3c2C1.[H+]. The van der Waals surface area contributed by atoms with E-state index in [2.05, 4.69) is 11.1 Å². The van der Waals surface area contributed by atoms with Crippen LogP contribution in [0.15, 0.2) is 41.4 Å². The zero-order valence-corrected chi connectivity index (χ0v) is 8.10. The monoisotopic (exact) mass is 196 g/mol. The Balaban J connectivity index is 0.000000963. The predicted molar refractivity (Wildman–Crippen MR) is 61.9 cm³/mol. The molecule has 3 rings (SSSR count). The van der Waals surface area contributed by atoms with Gasteiger partial charge in [-0.3, -0.25) is 9.79 Å². The highest BCUT2D eigenvalue weighted by Crippen LogP contribution is 2.30.